The van der Waals surface area contributed by atoms with Crippen molar-refractivity contribution >= 4 is 29.4 Å². The van der Waals surface area contributed by atoms with Gasteiger partial charge in [-0.25, -0.2) is 9.80 Å². The van der Waals surface area contributed by atoms with Crippen LogP contribution in [0, 0.1) is 6.92 Å². The molecule has 3 rings (SSSR count). The molecule has 0 unspecified atom stereocenters. The average Bonchev–Trinajstić information content (AvgIpc) is 3.38. The molecule has 2 aromatic rings. The molecule has 3 amide bonds. The first kappa shape index (κ1) is 32.4. The second-order valence-corrected chi connectivity index (χ2v) is 11.2. The molecule has 0 spiro atoms. The van der Waals surface area contributed by atoms with Gasteiger partial charge in [0.2, 0.25) is 5.91 Å². The minimum atomic E-state index is -0.651. The van der Waals surface area contributed by atoms with Crippen LogP contribution in [0.1, 0.15) is 49.9 Å². The van der Waals surface area contributed by atoms with Gasteiger partial charge in [0.15, 0.2) is 5.84 Å². The van der Waals surface area contributed by atoms with E-state index in [1.807, 2.05) is 31.0 Å². The van der Waals surface area contributed by atoms with Gasteiger partial charge in [-0.3, -0.25) is 19.9 Å². The highest BCUT2D eigenvalue weighted by Gasteiger charge is 2.26. The number of likely N-dealkylation sites (N-methyl/N-ethyl adjacent to an activating group) is 2. The van der Waals surface area contributed by atoms with Crippen molar-refractivity contribution in [3.63, 3.8) is 0 Å². The minimum Gasteiger partial charge on any atom is -0.444 e. The molecular formula is C30H43N7O5. The van der Waals surface area contributed by atoms with E-state index in [1.165, 1.54) is 16.0 Å². The summed E-state index contributed by atoms with van der Waals surface area (Å²) < 4.78 is 5.52. The fraction of sp³-hybridized carbons (Fsp3) is 0.467. The van der Waals surface area contributed by atoms with Crippen LogP contribution in [0.2, 0.25) is 0 Å². The Morgan fingerprint density at radius 3 is 2.21 bits per heavy atom. The predicted octanol–water partition coefficient (Wildman–Crippen LogP) is 2.66. The molecule has 12 nitrogen and oxygen atoms in total. The predicted molar refractivity (Wildman–Crippen MR) is 161 cm³/mol. The first-order valence-electron chi connectivity index (χ1n) is 14.0. The Hall–Kier alpha value is -4.16. The van der Waals surface area contributed by atoms with Crippen molar-refractivity contribution in [2.24, 2.45) is 10.9 Å². The summed E-state index contributed by atoms with van der Waals surface area (Å²) in [5, 5.41) is 18.6. The van der Waals surface area contributed by atoms with Crippen molar-refractivity contribution < 1.29 is 24.3 Å². The molecule has 1 aliphatic heterocycles. The topological polar surface area (TPSA) is 144 Å². The highest BCUT2D eigenvalue weighted by Crippen LogP contribution is 2.24. The van der Waals surface area contributed by atoms with Crippen LogP contribution in [0.5, 0.6) is 0 Å². The van der Waals surface area contributed by atoms with Crippen LogP contribution in [-0.2, 0) is 27.4 Å². The van der Waals surface area contributed by atoms with Crippen LogP contribution in [0.3, 0.4) is 0 Å². The number of hydrogen-bond donors (Lipinski definition) is 3. The Morgan fingerprint density at radius 2 is 1.67 bits per heavy atom. The lowest BCUT2D eigenvalue weighted by atomic mass is 10.1. The zero-order valence-electron chi connectivity index (χ0n) is 25.4. The van der Waals surface area contributed by atoms with E-state index in [-0.39, 0.29) is 43.8 Å². The number of rotatable bonds is 11. The number of ether oxygens (including phenoxy) is 1. The molecule has 0 bridgehead atoms. The van der Waals surface area contributed by atoms with Gasteiger partial charge in [-0.1, -0.05) is 29.4 Å². The van der Waals surface area contributed by atoms with Crippen LogP contribution in [0.15, 0.2) is 47.6 Å². The first-order chi connectivity index (χ1) is 19.8. The Kier molecular flexibility index (Phi) is 10.9. The maximum atomic E-state index is 13.5. The van der Waals surface area contributed by atoms with Crippen LogP contribution in [0.4, 0.5) is 10.5 Å². The van der Waals surface area contributed by atoms with Crippen molar-refractivity contribution in [3.05, 3.63) is 64.7 Å². The third-order valence-electron chi connectivity index (χ3n) is 6.98. The van der Waals surface area contributed by atoms with Gasteiger partial charge in [0.1, 0.15) is 5.60 Å². The van der Waals surface area contributed by atoms with E-state index in [0.717, 1.165) is 5.56 Å². The lowest BCUT2D eigenvalue weighted by Gasteiger charge is -2.30. The average molecular weight is 582 g/mol. The van der Waals surface area contributed by atoms with E-state index >= 15 is 0 Å². The van der Waals surface area contributed by atoms with Crippen LogP contribution in [-0.4, -0.2) is 89.2 Å². The number of carbonyl (C=O) groups excluding carboxylic acids is 3. The first-order valence-corrected chi connectivity index (χ1v) is 14.0. The highest BCUT2D eigenvalue weighted by molar-refractivity contribution is 5.99. The molecule has 228 valence electrons. The number of carbonyl (C=O) groups is 3. The van der Waals surface area contributed by atoms with Gasteiger partial charge in [0.05, 0.1) is 13.1 Å². The van der Waals surface area contributed by atoms with Crippen molar-refractivity contribution in [2.45, 2.75) is 53.3 Å². The quantitative estimate of drug-likeness (QED) is 0.159. The van der Waals surface area contributed by atoms with Gasteiger partial charge in [-0.2, -0.15) is 0 Å². The summed E-state index contributed by atoms with van der Waals surface area (Å²) in [5.41, 5.74) is 9.31. The van der Waals surface area contributed by atoms with Crippen molar-refractivity contribution in [1.82, 2.24) is 20.2 Å². The Morgan fingerprint density at radius 1 is 1.05 bits per heavy atom. The summed E-state index contributed by atoms with van der Waals surface area (Å²) >= 11 is 0. The molecule has 0 atom stereocenters. The number of nitrogens with one attached hydrogen (secondary N) is 1. The number of amidine groups is 1. The van der Waals surface area contributed by atoms with Gasteiger partial charge in [-0.05, 0) is 69.5 Å². The molecule has 0 aliphatic carbocycles. The van der Waals surface area contributed by atoms with Crippen LogP contribution in [0.25, 0.3) is 0 Å². The van der Waals surface area contributed by atoms with Crippen LogP contribution < -0.4 is 16.0 Å². The molecule has 1 aliphatic rings. The number of benzene rings is 2. The van der Waals surface area contributed by atoms with Gasteiger partial charge < -0.3 is 25.5 Å². The second-order valence-electron chi connectivity index (χ2n) is 11.2. The fourth-order valence-electron chi connectivity index (χ4n) is 4.65. The molecule has 0 saturated carbocycles. The lowest BCUT2D eigenvalue weighted by Crippen LogP contribution is -2.48. The van der Waals surface area contributed by atoms with Gasteiger partial charge in [-0.15, -0.1) is 0 Å². The van der Waals surface area contributed by atoms with Gasteiger partial charge in [0.25, 0.3) is 5.91 Å². The monoisotopic (exact) mass is 581 g/mol. The third-order valence-corrected chi connectivity index (χ3v) is 6.98. The smallest absolute Gasteiger partial charge is 0.410 e. The Labute approximate surface area is 247 Å². The summed E-state index contributed by atoms with van der Waals surface area (Å²) in [5.74, 6) is -0.488. The van der Waals surface area contributed by atoms with Crippen molar-refractivity contribution in [3.8, 4) is 0 Å². The molecule has 4 N–H and O–H groups in total. The zero-order chi connectivity index (χ0) is 31.0. The number of fused-ring (bicyclic) bond motifs is 1. The summed E-state index contributed by atoms with van der Waals surface area (Å²) in [4.78, 5) is 42.3. The maximum absolute atomic E-state index is 13.5. The SMILES string of the molecule is CCN(CCN(C(=O)CNCC(=O)N(C)N1Cc2ccccc2C1)c1ccc(C(N)=NO)cc1C)C(=O)OC(C)(C)C. The maximum Gasteiger partial charge on any atom is 0.410 e. The minimum absolute atomic E-state index is 0.0245. The van der Waals surface area contributed by atoms with Crippen molar-refractivity contribution in [2.75, 3.05) is 44.7 Å². The number of hydrogen-bond acceptors (Lipinski definition) is 8. The molecule has 12 heteroatoms. The van der Waals surface area contributed by atoms with Crippen molar-refractivity contribution in [1.29, 1.82) is 0 Å². The molecule has 0 radical (unpaired) electrons. The van der Waals surface area contributed by atoms with Crippen LogP contribution >= 0.6 is 0 Å². The van der Waals surface area contributed by atoms with E-state index in [9.17, 15) is 14.4 Å². The molecule has 0 aromatic heterocycles. The number of anilines is 1. The van der Waals surface area contributed by atoms with Gasteiger partial charge >= 0.3 is 6.09 Å². The lowest BCUT2D eigenvalue weighted by molar-refractivity contribution is -0.145. The number of nitrogens with zero attached hydrogens (tertiary/aromatic N) is 5. The molecule has 0 saturated heterocycles. The Bertz CT molecular complexity index is 1280. The van der Waals surface area contributed by atoms with Gasteiger partial charge in [0, 0.05) is 51.0 Å². The number of hydrazine groups is 1. The number of amides is 3. The molecule has 42 heavy (non-hydrogen) atoms. The fourth-order valence-corrected chi connectivity index (χ4v) is 4.65. The largest absolute Gasteiger partial charge is 0.444 e. The standard InChI is InChI=1S/C30H43N7O5/c1-7-35(29(40)42-30(3,4)5)14-15-37(25-13-12-22(16-21(25)2)28(31)33-41)27(39)18-32-17-26(38)34(6)36-19-23-10-8-9-11-24(23)20-36/h8-13,16,32,41H,7,14-15,17-20H2,1-6H3,(H2,31,33). The summed E-state index contributed by atoms with van der Waals surface area (Å²) in [6.45, 7) is 11.1. The molecular weight excluding hydrogens is 538 g/mol. The third kappa shape index (κ3) is 8.43. The van der Waals surface area contributed by atoms with E-state index in [0.29, 0.717) is 30.9 Å². The highest BCUT2D eigenvalue weighted by atomic mass is 16.6. The number of nitrogens with two attached hydrogens (primary N) is 1. The van der Waals surface area contributed by atoms with E-state index in [1.54, 1.807) is 55.9 Å². The normalized spacial score (nSPS) is 13.4. The Balaban J connectivity index is 1.68. The van der Waals surface area contributed by atoms with E-state index < -0.39 is 11.7 Å². The number of oxime groups is 1. The molecule has 0 fully saturated rings. The number of aryl methyl sites for hydroxylation is 1. The van der Waals surface area contributed by atoms with E-state index in [2.05, 4.69) is 22.6 Å². The van der Waals surface area contributed by atoms with E-state index in [4.69, 9.17) is 15.7 Å². The second kappa shape index (κ2) is 14.1. The molecule has 1 heterocycles. The summed E-state index contributed by atoms with van der Waals surface area (Å²) in [7, 11) is 1.73. The zero-order valence-corrected chi connectivity index (χ0v) is 25.4. The summed E-state index contributed by atoms with van der Waals surface area (Å²) in [6.07, 6.45) is -0.466. The molecule has 2 aromatic carbocycles. The summed E-state index contributed by atoms with van der Waals surface area (Å²) in [6, 6.07) is 13.2.